The van der Waals surface area contributed by atoms with E-state index < -0.39 is 0 Å². The predicted molar refractivity (Wildman–Crippen MR) is 92.5 cm³/mol. The molecular weight excluding hydrogens is 344 g/mol. The number of carbonyl (C=O) groups excluding carboxylic acids is 1. The number of nitrogens with one attached hydrogen (secondary N) is 1. The monoisotopic (exact) mass is 362 g/mol. The van der Waals surface area contributed by atoms with Gasteiger partial charge in [-0.1, -0.05) is 18.2 Å². The highest BCUT2D eigenvalue weighted by atomic mass is 79.9. The van der Waals surface area contributed by atoms with Gasteiger partial charge in [0.15, 0.2) is 0 Å². The van der Waals surface area contributed by atoms with Gasteiger partial charge in [0, 0.05) is 17.8 Å². The van der Waals surface area contributed by atoms with Crippen molar-refractivity contribution in [3.05, 3.63) is 58.1 Å². The number of rotatable bonds is 5. The average molecular weight is 363 g/mol. The summed E-state index contributed by atoms with van der Waals surface area (Å²) < 4.78 is 5.93. The van der Waals surface area contributed by atoms with Crippen molar-refractivity contribution in [3.8, 4) is 5.75 Å². The van der Waals surface area contributed by atoms with Gasteiger partial charge in [-0.05, 0) is 59.9 Å². The summed E-state index contributed by atoms with van der Waals surface area (Å²) in [4.78, 5) is 14.5. The Bertz CT molecular complexity index is 671. The fraction of sp³-hybridized carbons (Fsp3) is 0.235. The summed E-state index contributed by atoms with van der Waals surface area (Å²) in [5, 5.41) is 2.97. The molecule has 5 heteroatoms. The second-order valence-electron chi connectivity index (χ2n) is 5.20. The summed E-state index contributed by atoms with van der Waals surface area (Å²) >= 11 is 3.40. The third-order valence-corrected chi connectivity index (χ3v) is 3.79. The number of ether oxygens (including phenoxy) is 1. The van der Waals surface area contributed by atoms with Crippen LogP contribution in [0.3, 0.4) is 0 Å². The van der Waals surface area contributed by atoms with Gasteiger partial charge in [-0.2, -0.15) is 0 Å². The molecule has 0 aromatic heterocycles. The van der Waals surface area contributed by atoms with Crippen LogP contribution in [0.4, 0.5) is 5.69 Å². The van der Waals surface area contributed by atoms with Crippen molar-refractivity contribution in [1.82, 2.24) is 4.90 Å². The van der Waals surface area contributed by atoms with Crippen molar-refractivity contribution in [3.63, 3.8) is 0 Å². The summed E-state index contributed by atoms with van der Waals surface area (Å²) in [5.41, 5.74) is 2.48. The van der Waals surface area contributed by atoms with Crippen LogP contribution in [0.5, 0.6) is 5.75 Å². The van der Waals surface area contributed by atoms with Crippen molar-refractivity contribution in [2.45, 2.75) is 6.54 Å². The van der Waals surface area contributed by atoms with E-state index in [2.05, 4.69) is 26.1 Å². The maximum absolute atomic E-state index is 12.4. The molecule has 1 N–H and O–H groups in total. The Hall–Kier alpha value is -1.85. The minimum atomic E-state index is -0.144. The first-order valence-electron chi connectivity index (χ1n) is 6.89. The lowest BCUT2D eigenvalue weighted by Crippen LogP contribution is -2.16. The lowest BCUT2D eigenvalue weighted by molar-refractivity contribution is 0.102. The Morgan fingerprint density at radius 1 is 1.23 bits per heavy atom. The molecule has 0 saturated heterocycles. The van der Waals surface area contributed by atoms with Crippen LogP contribution in [0, 0.1) is 0 Å². The zero-order valence-electron chi connectivity index (χ0n) is 12.9. The number of hydrogen-bond acceptors (Lipinski definition) is 3. The van der Waals surface area contributed by atoms with Crippen LogP contribution >= 0.6 is 15.9 Å². The molecule has 2 aromatic carbocycles. The van der Waals surface area contributed by atoms with Gasteiger partial charge in [0.05, 0.1) is 11.6 Å². The van der Waals surface area contributed by atoms with Crippen LogP contribution in [0.1, 0.15) is 15.9 Å². The lowest BCUT2D eigenvalue weighted by atomic mass is 10.1. The normalized spacial score (nSPS) is 10.6. The van der Waals surface area contributed by atoms with Crippen molar-refractivity contribution in [2.75, 3.05) is 26.5 Å². The van der Waals surface area contributed by atoms with Gasteiger partial charge in [-0.3, -0.25) is 4.79 Å². The molecule has 0 bridgehead atoms. The smallest absolute Gasteiger partial charge is 0.255 e. The molecule has 0 spiro atoms. The summed E-state index contributed by atoms with van der Waals surface area (Å²) in [6.45, 7) is 0.767. The van der Waals surface area contributed by atoms with E-state index in [-0.39, 0.29) is 5.91 Å². The Labute approximate surface area is 139 Å². The molecule has 0 fully saturated rings. The van der Waals surface area contributed by atoms with Crippen molar-refractivity contribution < 1.29 is 9.53 Å². The molecule has 1 amide bonds. The SMILES string of the molecule is COc1ccc(C(=O)Nc2ccccc2CN(C)C)cc1Br. The molecule has 0 radical (unpaired) electrons. The van der Waals surface area contributed by atoms with Crippen LogP contribution < -0.4 is 10.1 Å². The van der Waals surface area contributed by atoms with E-state index in [1.807, 2.05) is 38.4 Å². The van der Waals surface area contributed by atoms with Gasteiger partial charge in [0.25, 0.3) is 5.91 Å². The maximum atomic E-state index is 12.4. The fourth-order valence-corrected chi connectivity index (χ4v) is 2.66. The van der Waals surface area contributed by atoms with E-state index in [0.29, 0.717) is 11.3 Å². The van der Waals surface area contributed by atoms with E-state index in [4.69, 9.17) is 4.74 Å². The third-order valence-electron chi connectivity index (χ3n) is 3.17. The van der Waals surface area contributed by atoms with E-state index in [9.17, 15) is 4.79 Å². The van der Waals surface area contributed by atoms with Crippen LogP contribution in [0.25, 0.3) is 0 Å². The van der Waals surface area contributed by atoms with E-state index in [0.717, 1.165) is 22.3 Å². The maximum Gasteiger partial charge on any atom is 0.255 e. The largest absolute Gasteiger partial charge is 0.496 e. The quantitative estimate of drug-likeness (QED) is 0.879. The van der Waals surface area contributed by atoms with Crippen LogP contribution in [0.15, 0.2) is 46.9 Å². The molecule has 0 aliphatic rings. The summed E-state index contributed by atoms with van der Waals surface area (Å²) in [5.74, 6) is 0.555. The molecule has 0 heterocycles. The molecule has 4 nitrogen and oxygen atoms in total. The number of benzene rings is 2. The van der Waals surface area contributed by atoms with Gasteiger partial charge < -0.3 is 15.0 Å². The van der Waals surface area contributed by atoms with E-state index >= 15 is 0 Å². The molecule has 22 heavy (non-hydrogen) atoms. The number of halogens is 1. The first-order chi connectivity index (χ1) is 10.5. The second-order valence-corrected chi connectivity index (χ2v) is 6.05. The number of para-hydroxylation sites is 1. The molecule has 116 valence electrons. The molecule has 0 aliphatic carbocycles. The number of anilines is 1. The number of amides is 1. The topological polar surface area (TPSA) is 41.6 Å². The van der Waals surface area contributed by atoms with E-state index in [1.165, 1.54) is 0 Å². The average Bonchev–Trinajstić information content (AvgIpc) is 2.48. The standard InChI is InChI=1S/C17H19BrN2O2/c1-20(2)11-13-6-4-5-7-15(13)19-17(21)12-8-9-16(22-3)14(18)10-12/h4-10H,11H2,1-3H3,(H,19,21). The van der Waals surface area contributed by atoms with Crippen LogP contribution in [-0.4, -0.2) is 32.0 Å². The van der Waals surface area contributed by atoms with Gasteiger partial charge in [0.2, 0.25) is 0 Å². The number of methoxy groups -OCH3 is 1. The molecule has 2 rings (SSSR count). The highest BCUT2D eigenvalue weighted by molar-refractivity contribution is 9.10. The first-order valence-corrected chi connectivity index (χ1v) is 7.68. The Morgan fingerprint density at radius 2 is 1.95 bits per heavy atom. The van der Waals surface area contributed by atoms with Crippen LogP contribution in [0.2, 0.25) is 0 Å². The van der Waals surface area contributed by atoms with E-state index in [1.54, 1.807) is 25.3 Å². The van der Waals surface area contributed by atoms with Gasteiger partial charge >= 0.3 is 0 Å². The highest BCUT2D eigenvalue weighted by Gasteiger charge is 2.11. The molecular formula is C17H19BrN2O2. The summed E-state index contributed by atoms with van der Waals surface area (Å²) in [6, 6.07) is 13.1. The van der Waals surface area contributed by atoms with Gasteiger partial charge in [0.1, 0.15) is 5.75 Å². The van der Waals surface area contributed by atoms with Gasteiger partial charge in [-0.25, -0.2) is 0 Å². The van der Waals surface area contributed by atoms with Crippen LogP contribution in [-0.2, 0) is 6.54 Å². The zero-order valence-corrected chi connectivity index (χ0v) is 14.5. The Balaban J connectivity index is 2.20. The number of hydrogen-bond donors (Lipinski definition) is 1. The molecule has 2 aromatic rings. The highest BCUT2D eigenvalue weighted by Crippen LogP contribution is 2.26. The first kappa shape index (κ1) is 16.5. The number of nitrogens with zero attached hydrogens (tertiary/aromatic N) is 1. The van der Waals surface area contributed by atoms with Crippen molar-refractivity contribution in [1.29, 1.82) is 0 Å². The fourth-order valence-electron chi connectivity index (χ4n) is 2.12. The molecule has 0 aliphatic heterocycles. The minimum Gasteiger partial charge on any atom is -0.496 e. The second kappa shape index (κ2) is 7.42. The number of carbonyl (C=O) groups is 1. The third kappa shape index (κ3) is 4.08. The van der Waals surface area contributed by atoms with Crippen molar-refractivity contribution in [2.24, 2.45) is 0 Å². The Kier molecular flexibility index (Phi) is 5.57. The Morgan fingerprint density at radius 3 is 2.59 bits per heavy atom. The lowest BCUT2D eigenvalue weighted by Gasteiger charge is -2.15. The summed E-state index contributed by atoms with van der Waals surface area (Å²) in [6.07, 6.45) is 0. The molecule has 0 unspecified atom stereocenters. The van der Waals surface area contributed by atoms with Crippen molar-refractivity contribution >= 4 is 27.5 Å². The predicted octanol–water partition coefficient (Wildman–Crippen LogP) is 3.77. The molecule has 0 atom stereocenters. The molecule has 0 saturated carbocycles. The summed E-state index contributed by atoms with van der Waals surface area (Å²) in [7, 11) is 5.59. The zero-order chi connectivity index (χ0) is 16.1. The minimum absolute atomic E-state index is 0.144. The van der Waals surface area contributed by atoms with Gasteiger partial charge in [-0.15, -0.1) is 0 Å².